The quantitative estimate of drug-likeness (QED) is 0.833. The smallest absolute Gasteiger partial charge is 0.335 e. The maximum Gasteiger partial charge on any atom is 0.335 e. The van der Waals surface area contributed by atoms with Gasteiger partial charge in [0.15, 0.2) is 0 Å². The topological polar surface area (TPSA) is 46.5 Å². The van der Waals surface area contributed by atoms with Crippen LogP contribution in [0.25, 0.3) is 0 Å². The highest BCUT2D eigenvalue weighted by molar-refractivity contribution is 5.87. The Hall–Kier alpha value is -2.29. The van der Waals surface area contributed by atoms with E-state index >= 15 is 0 Å². The van der Waals surface area contributed by atoms with E-state index in [2.05, 4.69) is 38.1 Å². The average molecular weight is 298 g/mol. The lowest BCUT2D eigenvalue weighted by Gasteiger charge is -2.09. The Kier molecular flexibility index (Phi) is 5.59. The molecule has 1 N–H and O–H groups in total. The van der Waals surface area contributed by atoms with Gasteiger partial charge >= 0.3 is 5.97 Å². The summed E-state index contributed by atoms with van der Waals surface area (Å²) >= 11 is 0. The van der Waals surface area contributed by atoms with Crippen LogP contribution in [0.3, 0.4) is 0 Å². The molecule has 22 heavy (non-hydrogen) atoms. The molecular weight excluding hydrogens is 276 g/mol. The van der Waals surface area contributed by atoms with Crippen molar-refractivity contribution in [2.45, 2.75) is 26.7 Å². The van der Waals surface area contributed by atoms with Crippen LogP contribution in [0.2, 0.25) is 0 Å². The van der Waals surface area contributed by atoms with Gasteiger partial charge in [0.05, 0.1) is 12.2 Å². The lowest BCUT2D eigenvalue weighted by Crippen LogP contribution is -2.03. The molecule has 0 fully saturated rings. The van der Waals surface area contributed by atoms with E-state index in [9.17, 15) is 4.79 Å². The zero-order chi connectivity index (χ0) is 15.9. The Balaban J connectivity index is 1.91. The number of carboxylic acid groups (broad SMARTS) is 1. The van der Waals surface area contributed by atoms with Gasteiger partial charge in [-0.1, -0.05) is 44.2 Å². The van der Waals surface area contributed by atoms with Gasteiger partial charge in [-0.25, -0.2) is 4.79 Å². The number of benzene rings is 2. The lowest BCUT2D eigenvalue weighted by atomic mass is 10.0. The molecule has 116 valence electrons. The first-order chi connectivity index (χ1) is 10.5. The number of hydrogen-bond acceptors (Lipinski definition) is 2. The third kappa shape index (κ3) is 4.92. The van der Waals surface area contributed by atoms with Crippen LogP contribution in [0.15, 0.2) is 48.5 Å². The van der Waals surface area contributed by atoms with E-state index in [0.29, 0.717) is 18.3 Å². The van der Waals surface area contributed by atoms with Crippen molar-refractivity contribution in [3.63, 3.8) is 0 Å². The Morgan fingerprint density at radius 1 is 1.09 bits per heavy atom. The van der Waals surface area contributed by atoms with Gasteiger partial charge in [0.2, 0.25) is 0 Å². The van der Waals surface area contributed by atoms with Crippen molar-refractivity contribution in [3.8, 4) is 5.75 Å². The van der Waals surface area contributed by atoms with E-state index < -0.39 is 5.97 Å². The summed E-state index contributed by atoms with van der Waals surface area (Å²) < 4.78 is 5.66. The normalized spacial score (nSPS) is 10.7. The Labute approximate surface area is 131 Å². The average Bonchev–Trinajstić information content (AvgIpc) is 2.47. The van der Waals surface area contributed by atoms with Gasteiger partial charge < -0.3 is 9.84 Å². The summed E-state index contributed by atoms with van der Waals surface area (Å²) in [5.74, 6) is 0.301. The van der Waals surface area contributed by atoms with Gasteiger partial charge in [-0.05, 0) is 41.7 Å². The van der Waals surface area contributed by atoms with Crippen molar-refractivity contribution in [1.82, 2.24) is 0 Å². The monoisotopic (exact) mass is 298 g/mol. The van der Waals surface area contributed by atoms with Gasteiger partial charge in [0.25, 0.3) is 0 Å². The highest BCUT2D eigenvalue weighted by Gasteiger charge is 2.04. The molecule has 3 heteroatoms. The third-order valence-electron chi connectivity index (χ3n) is 3.38. The number of rotatable bonds is 7. The van der Waals surface area contributed by atoms with Gasteiger partial charge in [0, 0.05) is 6.42 Å². The van der Waals surface area contributed by atoms with Crippen LogP contribution in [-0.2, 0) is 12.8 Å². The molecule has 2 aromatic rings. The fourth-order valence-corrected chi connectivity index (χ4v) is 2.39. The highest BCUT2D eigenvalue weighted by Crippen LogP contribution is 2.15. The maximum atomic E-state index is 10.9. The molecule has 0 radical (unpaired) electrons. The standard InChI is InChI=1S/C19H22O3/c1-14(2)11-16-6-3-5-15(12-16)9-10-22-18-8-4-7-17(13-18)19(20)21/h3-8,12-14H,9-11H2,1-2H3,(H,20,21). The van der Waals surface area contributed by atoms with E-state index in [0.717, 1.165) is 12.8 Å². The van der Waals surface area contributed by atoms with Gasteiger partial charge in [-0.3, -0.25) is 0 Å². The molecule has 2 aromatic carbocycles. The molecule has 0 heterocycles. The number of carboxylic acids is 1. The van der Waals surface area contributed by atoms with Crippen molar-refractivity contribution >= 4 is 5.97 Å². The Morgan fingerprint density at radius 2 is 1.82 bits per heavy atom. The minimum absolute atomic E-state index is 0.247. The summed E-state index contributed by atoms with van der Waals surface area (Å²) in [5.41, 5.74) is 2.84. The van der Waals surface area contributed by atoms with Gasteiger partial charge in [-0.15, -0.1) is 0 Å². The van der Waals surface area contributed by atoms with E-state index in [1.165, 1.54) is 11.1 Å². The molecule has 3 nitrogen and oxygen atoms in total. The number of hydrogen-bond donors (Lipinski definition) is 1. The molecule has 0 unspecified atom stereocenters. The second kappa shape index (κ2) is 7.64. The molecule has 0 aliphatic rings. The third-order valence-corrected chi connectivity index (χ3v) is 3.38. The van der Waals surface area contributed by atoms with Crippen LogP contribution in [0.1, 0.15) is 35.3 Å². The zero-order valence-electron chi connectivity index (χ0n) is 13.1. The van der Waals surface area contributed by atoms with Crippen molar-refractivity contribution in [2.24, 2.45) is 5.92 Å². The summed E-state index contributed by atoms with van der Waals surface area (Å²) in [7, 11) is 0. The van der Waals surface area contributed by atoms with Crippen molar-refractivity contribution in [2.75, 3.05) is 6.61 Å². The molecule has 0 amide bonds. The van der Waals surface area contributed by atoms with Crippen molar-refractivity contribution < 1.29 is 14.6 Å². The van der Waals surface area contributed by atoms with E-state index in [-0.39, 0.29) is 5.56 Å². The van der Waals surface area contributed by atoms with Crippen molar-refractivity contribution in [1.29, 1.82) is 0 Å². The first kappa shape index (κ1) is 16.1. The van der Waals surface area contributed by atoms with Crippen molar-refractivity contribution in [3.05, 3.63) is 65.2 Å². The van der Waals surface area contributed by atoms with Crippen LogP contribution in [0.5, 0.6) is 5.75 Å². The van der Waals surface area contributed by atoms with E-state index in [1.54, 1.807) is 24.3 Å². The molecule has 0 saturated heterocycles. The summed E-state index contributed by atoms with van der Waals surface area (Å²) in [6, 6.07) is 15.1. The summed E-state index contributed by atoms with van der Waals surface area (Å²) in [6.07, 6.45) is 1.89. The maximum absolute atomic E-state index is 10.9. The minimum Gasteiger partial charge on any atom is -0.493 e. The largest absolute Gasteiger partial charge is 0.493 e. The molecular formula is C19H22O3. The fourth-order valence-electron chi connectivity index (χ4n) is 2.39. The number of aromatic carboxylic acids is 1. The van der Waals surface area contributed by atoms with E-state index in [4.69, 9.17) is 9.84 Å². The highest BCUT2D eigenvalue weighted by atomic mass is 16.5. The molecule has 0 atom stereocenters. The molecule has 0 saturated carbocycles. The molecule has 0 bridgehead atoms. The van der Waals surface area contributed by atoms with Crippen LogP contribution < -0.4 is 4.74 Å². The van der Waals surface area contributed by atoms with Crippen LogP contribution >= 0.6 is 0 Å². The minimum atomic E-state index is -0.938. The molecule has 0 spiro atoms. The van der Waals surface area contributed by atoms with Crippen LogP contribution in [0.4, 0.5) is 0 Å². The fraction of sp³-hybridized carbons (Fsp3) is 0.316. The van der Waals surface area contributed by atoms with Gasteiger partial charge in [0.1, 0.15) is 5.75 Å². The zero-order valence-corrected chi connectivity index (χ0v) is 13.1. The second-order valence-electron chi connectivity index (χ2n) is 5.85. The predicted molar refractivity (Wildman–Crippen MR) is 87.6 cm³/mol. The predicted octanol–water partition coefficient (Wildman–Crippen LogP) is 4.20. The van der Waals surface area contributed by atoms with E-state index in [1.807, 2.05) is 0 Å². The molecule has 0 aromatic heterocycles. The SMILES string of the molecule is CC(C)Cc1cccc(CCOc2cccc(C(=O)O)c2)c1. The second-order valence-corrected chi connectivity index (χ2v) is 5.85. The molecule has 0 aliphatic carbocycles. The number of ether oxygens (including phenoxy) is 1. The molecule has 0 aliphatic heterocycles. The van der Waals surface area contributed by atoms with Gasteiger partial charge in [-0.2, -0.15) is 0 Å². The summed E-state index contributed by atoms with van der Waals surface area (Å²) in [5, 5.41) is 8.96. The Morgan fingerprint density at radius 3 is 2.55 bits per heavy atom. The first-order valence-corrected chi connectivity index (χ1v) is 7.58. The van der Waals surface area contributed by atoms with Crippen LogP contribution in [-0.4, -0.2) is 17.7 Å². The first-order valence-electron chi connectivity index (χ1n) is 7.58. The van der Waals surface area contributed by atoms with Crippen LogP contribution in [0, 0.1) is 5.92 Å². The Bertz CT molecular complexity index is 632. The molecule has 2 rings (SSSR count). The summed E-state index contributed by atoms with van der Waals surface area (Å²) in [4.78, 5) is 10.9. The lowest BCUT2D eigenvalue weighted by molar-refractivity contribution is 0.0696. The number of carbonyl (C=O) groups is 1. The summed E-state index contributed by atoms with van der Waals surface area (Å²) in [6.45, 7) is 4.96.